The van der Waals surface area contributed by atoms with Crippen LogP contribution in [0.25, 0.3) is 0 Å². The largest absolute Gasteiger partial charge is 0.362 e. The Kier molecular flexibility index (Phi) is 15.7. The maximum Gasteiger partial charge on any atom is 0.157 e. The van der Waals surface area contributed by atoms with Crippen LogP contribution in [0.15, 0.2) is 4.99 Å². The fourth-order valence-corrected chi connectivity index (χ4v) is 3.34. The van der Waals surface area contributed by atoms with Crippen molar-refractivity contribution in [2.75, 3.05) is 17.9 Å². The van der Waals surface area contributed by atoms with Crippen molar-refractivity contribution in [2.24, 2.45) is 4.99 Å². The van der Waals surface area contributed by atoms with E-state index in [4.69, 9.17) is 4.99 Å². The maximum absolute atomic E-state index is 4.76. The van der Waals surface area contributed by atoms with Crippen molar-refractivity contribution in [1.82, 2.24) is 5.32 Å². The Balaban J connectivity index is 4.01. The van der Waals surface area contributed by atoms with E-state index in [9.17, 15) is 0 Å². The Morgan fingerprint density at radius 1 is 1.05 bits per heavy atom. The van der Waals surface area contributed by atoms with Gasteiger partial charge >= 0.3 is 0 Å². The molecule has 0 fully saturated rings. The van der Waals surface area contributed by atoms with Gasteiger partial charge in [0.05, 0.1) is 0 Å². The molecule has 0 saturated heterocycles. The van der Waals surface area contributed by atoms with Crippen molar-refractivity contribution >= 4 is 28.7 Å². The topological polar surface area (TPSA) is 24.4 Å². The molecule has 1 atom stereocenters. The molecule has 0 spiro atoms. The number of amidine groups is 1. The van der Waals surface area contributed by atoms with E-state index >= 15 is 0 Å². The van der Waals surface area contributed by atoms with Crippen LogP contribution >= 0.6 is 23.5 Å². The molecule has 0 bridgehead atoms. The van der Waals surface area contributed by atoms with E-state index in [0.29, 0.717) is 6.04 Å². The van der Waals surface area contributed by atoms with Crippen LogP contribution in [0.1, 0.15) is 72.1 Å². The molecule has 0 amide bonds. The fraction of sp³-hybridized carbons (Fsp3) is 0.938. The number of aliphatic imine (C=N–C) groups is 1. The van der Waals surface area contributed by atoms with Crippen molar-refractivity contribution in [3.63, 3.8) is 0 Å². The van der Waals surface area contributed by atoms with E-state index in [1.54, 1.807) is 0 Å². The first-order valence-corrected chi connectivity index (χ1v) is 10.5. The Morgan fingerprint density at radius 2 is 1.75 bits per heavy atom. The van der Waals surface area contributed by atoms with Gasteiger partial charge in [0.15, 0.2) is 5.17 Å². The molecule has 0 saturated carbocycles. The molecule has 0 radical (unpaired) electrons. The van der Waals surface area contributed by atoms with Crippen molar-refractivity contribution in [3.05, 3.63) is 0 Å². The van der Waals surface area contributed by atoms with E-state index in [1.807, 2.05) is 23.5 Å². The van der Waals surface area contributed by atoms with E-state index in [-0.39, 0.29) is 0 Å². The number of nitrogens with one attached hydrogen (secondary N) is 1. The lowest BCUT2D eigenvalue weighted by Crippen LogP contribution is -2.31. The summed E-state index contributed by atoms with van der Waals surface area (Å²) in [7, 11) is 0. The number of unbranched alkanes of at least 4 members (excludes halogenated alkanes) is 5. The average molecular weight is 319 g/mol. The SMILES string of the molecule is CCCCCCN=C(NC(C)CCCCC)SCSC. The molecule has 1 unspecified atom stereocenters. The zero-order chi connectivity index (χ0) is 15.1. The average Bonchev–Trinajstić information content (AvgIpc) is 2.44. The molecular weight excluding hydrogens is 284 g/mol. The Hall–Kier alpha value is 0.170. The maximum atomic E-state index is 4.76. The fourth-order valence-electron chi connectivity index (χ4n) is 1.95. The number of thioether (sulfide) groups is 2. The van der Waals surface area contributed by atoms with Crippen LogP contribution in [0.2, 0.25) is 0 Å². The highest BCUT2D eigenvalue weighted by molar-refractivity contribution is 8.23. The molecule has 0 aliphatic rings. The van der Waals surface area contributed by atoms with Crippen molar-refractivity contribution < 1.29 is 0 Å². The molecule has 20 heavy (non-hydrogen) atoms. The van der Waals surface area contributed by atoms with Crippen LogP contribution in [-0.4, -0.2) is 29.1 Å². The lowest BCUT2D eigenvalue weighted by molar-refractivity contribution is 0.556. The van der Waals surface area contributed by atoms with Gasteiger partial charge in [-0.15, -0.1) is 0 Å². The Labute approximate surface area is 135 Å². The Morgan fingerprint density at radius 3 is 2.40 bits per heavy atom. The van der Waals surface area contributed by atoms with Gasteiger partial charge in [0.2, 0.25) is 0 Å². The Bertz CT molecular complexity index is 233. The first-order valence-electron chi connectivity index (χ1n) is 8.17. The van der Waals surface area contributed by atoms with Gasteiger partial charge in [-0.1, -0.05) is 64.1 Å². The van der Waals surface area contributed by atoms with Gasteiger partial charge in [-0.3, -0.25) is 4.99 Å². The normalized spacial score (nSPS) is 13.5. The second kappa shape index (κ2) is 15.6. The summed E-state index contributed by atoms with van der Waals surface area (Å²) in [4.78, 5) is 4.76. The quantitative estimate of drug-likeness (QED) is 0.221. The van der Waals surface area contributed by atoms with Crippen LogP contribution in [0.4, 0.5) is 0 Å². The number of hydrogen-bond donors (Lipinski definition) is 1. The third-order valence-corrected chi connectivity index (χ3v) is 5.13. The lowest BCUT2D eigenvalue weighted by atomic mass is 10.1. The molecule has 0 heterocycles. The van der Waals surface area contributed by atoms with Crippen LogP contribution in [0.3, 0.4) is 0 Å². The summed E-state index contributed by atoms with van der Waals surface area (Å²) < 4.78 is 0. The number of nitrogens with zero attached hydrogens (tertiary/aromatic N) is 1. The van der Waals surface area contributed by atoms with E-state index < -0.39 is 0 Å². The first-order chi connectivity index (χ1) is 9.74. The third kappa shape index (κ3) is 13.2. The standard InChI is InChI=1S/C16H34N2S2/c1-5-7-9-11-13-17-16(20-14-19-4)18-15(3)12-10-8-6-2/h15H,5-14H2,1-4H3,(H,17,18). The second-order valence-electron chi connectivity index (χ2n) is 5.34. The molecule has 2 nitrogen and oxygen atoms in total. The molecule has 0 aromatic carbocycles. The highest BCUT2D eigenvalue weighted by Gasteiger charge is 2.05. The zero-order valence-corrected chi connectivity index (χ0v) is 15.5. The predicted octanol–water partition coefficient (Wildman–Crippen LogP) is 5.53. The zero-order valence-electron chi connectivity index (χ0n) is 13.9. The molecular formula is C16H34N2S2. The molecule has 4 heteroatoms. The van der Waals surface area contributed by atoms with E-state index in [2.05, 4.69) is 32.3 Å². The first kappa shape index (κ1) is 20.2. The molecule has 0 aliphatic heterocycles. The van der Waals surface area contributed by atoms with Gasteiger partial charge in [0, 0.05) is 17.7 Å². The smallest absolute Gasteiger partial charge is 0.157 e. The van der Waals surface area contributed by atoms with Crippen molar-refractivity contribution in [3.8, 4) is 0 Å². The minimum atomic E-state index is 0.547. The molecule has 120 valence electrons. The summed E-state index contributed by atoms with van der Waals surface area (Å²) in [6.45, 7) is 7.77. The van der Waals surface area contributed by atoms with Crippen LogP contribution < -0.4 is 5.32 Å². The summed E-state index contributed by atoms with van der Waals surface area (Å²) in [5.41, 5.74) is 0. The molecule has 0 aromatic rings. The summed E-state index contributed by atoms with van der Waals surface area (Å²) in [6.07, 6.45) is 12.5. The van der Waals surface area contributed by atoms with Crippen LogP contribution in [-0.2, 0) is 0 Å². The van der Waals surface area contributed by atoms with Gasteiger partial charge in [0.1, 0.15) is 0 Å². The highest BCUT2D eigenvalue weighted by Crippen LogP contribution is 2.12. The van der Waals surface area contributed by atoms with Gasteiger partial charge < -0.3 is 5.32 Å². The van der Waals surface area contributed by atoms with Crippen molar-refractivity contribution in [1.29, 1.82) is 0 Å². The molecule has 0 rings (SSSR count). The monoisotopic (exact) mass is 318 g/mol. The van der Waals surface area contributed by atoms with Gasteiger partial charge in [0.25, 0.3) is 0 Å². The molecule has 1 N–H and O–H groups in total. The summed E-state index contributed by atoms with van der Waals surface area (Å²) >= 11 is 3.72. The van der Waals surface area contributed by atoms with E-state index in [1.165, 1.54) is 51.4 Å². The van der Waals surface area contributed by atoms with Gasteiger partial charge in [-0.2, -0.15) is 11.8 Å². The highest BCUT2D eigenvalue weighted by atomic mass is 32.2. The number of hydrogen-bond acceptors (Lipinski definition) is 3. The third-order valence-electron chi connectivity index (χ3n) is 3.19. The van der Waals surface area contributed by atoms with Gasteiger partial charge in [-0.05, 0) is 26.0 Å². The van der Waals surface area contributed by atoms with Gasteiger partial charge in [-0.25, -0.2) is 0 Å². The number of rotatable bonds is 12. The van der Waals surface area contributed by atoms with Crippen LogP contribution in [0, 0.1) is 0 Å². The minimum Gasteiger partial charge on any atom is -0.362 e. The second-order valence-corrected chi connectivity index (χ2v) is 7.54. The van der Waals surface area contributed by atoms with Crippen molar-refractivity contribution in [2.45, 2.75) is 78.2 Å². The minimum absolute atomic E-state index is 0.547. The molecule has 0 aromatic heterocycles. The van der Waals surface area contributed by atoms with Crippen LogP contribution in [0.5, 0.6) is 0 Å². The van der Waals surface area contributed by atoms with E-state index in [0.717, 1.165) is 16.8 Å². The summed E-state index contributed by atoms with van der Waals surface area (Å²) in [5.74, 6) is 0. The summed E-state index contributed by atoms with van der Waals surface area (Å²) in [5, 5.41) is 5.84. The lowest BCUT2D eigenvalue weighted by Gasteiger charge is -2.16. The summed E-state index contributed by atoms with van der Waals surface area (Å²) in [6, 6.07) is 0.547. The molecule has 0 aliphatic carbocycles. The predicted molar refractivity (Wildman–Crippen MR) is 99.2 cm³/mol.